The standard InChI is InChI=1S/C19H31NO/c1-18-9-5-7-14(18)13-12-17(20-21)16-6-3-4-10-19(16,2)15(13)8-11-18/h13-16,21H,3-12H2,1-2H3/b20-17+. The van der Waals surface area contributed by atoms with Gasteiger partial charge in [-0.1, -0.05) is 38.3 Å². The quantitative estimate of drug-likeness (QED) is 0.479. The van der Waals surface area contributed by atoms with Gasteiger partial charge in [0.1, 0.15) is 0 Å². The molecular formula is C19H31NO. The van der Waals surface area contributed by atoms with E-state index in [0.29, 0.717) is 16.7 Å². The van der Waals surface area contributed by atoms with Crippen LogP contribution in [0.4, 0.5) is 0 Å². The summed E-state index contributed by atoms with van der Waals surface area (Å²) in [6, 6.07) is 0. The summed E-state index contributed by atoms with van der Waals surface area (Å²) in [5.74, 6) is 3.16. The van der Waals surface area contributed by atoms with E-state index in [2.05, 4.69) is 19.0 Å². The monoisotopic (exact) mass is 289 g/mol. The van der Waals surface area contributed by atoms with Crippen molar-refractivity contribution in [2.45, 2.75) is 78.1 Å². The number of hydrogen-bond donors (Lipinski definition) is 1. The molecule has 0 spiro atoms. The molecule has 2 nitrogen and oxygen atoms in total. The van der Waals surface area contributed by atoms with E-state index in [1.165, 1.54) is 57.8 Å². The summed E-state index contributed by atoms with van der Waals surface area (Å²) in [5.41, 5.74) is 2.18. The highest BCUT2D eigenvalue weighted by atomic mass is 16.4. The molecule has 6 atom stereocenters. The lowest BCUT2D eigenvalue weighted by Crippen LogP contribution is -2.55. The molecule has 0 amide bonds. The van der Waals surface area contributed by atoms with Gasteiger partial charge >= 0.3 is 0 Å². The van der Waals surface area contributed by atoms with Crippen molar-refractivity contribution in [2.24, 2.45) is 39.7 Å². The highest BCUT2D eigenvalue weighted by molar-refractivity contribution is 5.88. The third-order valence-electron chi connectivity index (χ3n) is 8.30. The van der Waals surface area contributed by atoms with Crippen LogP contribution in [0.25, 0.3) is 0 Å². The lowest BCUT2D eigenvalue weighted by Gasteiger charge is -2.59. The van der Waals surface area contributed by atoms with Gasteiger partial charge in [0.25, 0.3) is 0 Å². The molecular weight excluding hydrogens is 258 g/mol. The van der Waals surface area contributed by atoms with Gasteiger partial charge < -0.3 is 5.21 Å². The average molecular weight is 289 g/mol. The van der Waals surface area contributed by atoms with Crippen molar-refractivity contribution in [3.63, 3.8) is 0 Å². The summed E-state index contributed by atoms with van der Waals surface area (Å²) in [6.45, 7) is 5.09. The van der Waals surface area contributed by atoms with Crippen LogP contribution in [0.15, 0.2) is 5.16 Å². The molecule has 2 heteroatoms. The van der Waals surface area contributed by atoms with Crippen LogP contribution in [0, 0.1) is 34.5 Å². The van der Waals surface area contributed by atoms with Crippen molar-refractivity contribution < 1.29 is 5.21 Å². The van der Waals surface area contributed by atoms with Crippen LogP contribution in [-0.4, -0.2) is 10.9 Å². The van der Waals surface area contributed by atoms with E-state index in [1.54, 1.807) is 0 Å². The lowest BCUT2D eigenvalue weighted by atomic mass is 9.45. The first-order valence-corrected chi connectivity index (χ1v) is 9.29. The van der Waals surface area contributed by atoms with Gasteiger partial charge in [-0.2, -0.15) is 0 Å². The molecule has 1 N–H and O–H groups in total. The topological polar surface area (TPSA) is 32.6 Å². The summed E-state index contributed by atoms with van der Waals surface area (Å²) in [5, 5.41) is 13.4. The van der Waals surface area contributed by atoms with Gasteiger partial charge in [0.05, 0.1) is 5.71 Å². The minimum atomic E-state index is 0.423. The minimum absolute atomic E-state index is 0.423. The molecule has 4 saturated carbocycles. The lowest BCUT2D eigenvalue weighted by molar-refractivity contribution is -0.0642. The number of rotatable bonds is 0. The van der Waals surface area contributed by atoms with Gasteiger partial charge in [0, 0.05) is 5.92 Å². The molecule has 4 fully saturated rings. The van der Waals surface area contributed by atoms with E-state index in [0.717, 1.165) is 29.9 Å². The Balaban J connectivity index is 1.72. The molecule has 0 saturated heterocycles. The van der Waals surface area contributed by atoms with Crippen molar-refractivity contribution in [1.82, 2.24) is 0 Å². The molecule has 6 unspecified atom stereocenters. The van der Waals surface area contributed by atoms with Gasteiger partial charge in [0.2, 0.25) is 0 Å². The Kier molecular flexibility index (Phi) is 3.17. The molecule has 4 rings (SSSR count). The van der Waals surface area contributed by atoms with Gasteiger partial charge in [0.15, 0.2) is 0 Å². The van der Waals surface area contributed by atoms with Gasteiger partial charge in [-0.25, -0.2) is 0 Å². The van der Waals surface area contributed by atoms with E-state index in [-0.39, 0.29) is 0 Å². The number of oxime groups is 1. The average Bonchev–Trinajstić information content (AvgIpc) is 2.87. The second kappa shape index (κ2) is 4.73. The van der Waals surface area contributed by atoms with Crippen LogP contribution in [-0.2, 0) is 0 Å². The maximum absolute atomic E-state index is 9.63. The van der Waals surface area contributed by atoms with Crippen LogP contribution in [0.3, 0.4) is 0 Å². The molecule has 0 radical (unpaired) electrons. The van der Waals surface area contributed by atoms with Crippen molar-refractivity contribution in [3.05, 3.63) is 0 Å². The summed E-state index contributed by atoms with van der Waals surface area (Å²) in [4.78, 5) is 0. The first-order chi connectivity index (χ1) is 10.1. The zero-order chi connectivity index (χ0) is 14.7. The molecule has 118 valence electrons. The largest absolute Gasteiger partial charge is 0.411 e. The van der Waals surface area contributed by atoms with E-state index < -0.39 is 0 Å². The fourth-order valence-electron chi connectivity index (χ4n) is 7.23. The molecule has 0 bridgehead atoms. The zero-order valence-electron chi connectivity index (χ0n) is 13.8. The van der Waals surface area contributed by atoms with Crippen molar-refractivity contribution >= 4 is 5.71 Å². The summed E-state index contributed by atoms with van der Waals surface area (Å²) < 4.78 is 0. The summed E-state index contributed by atoms with van der Waals surface area (Å²) in [6.07, 6.45) is 13.6. The fraction of sp³-hybridized carbons (Fsp3) is 0.947. The Morgan fingerprint density at radius 1 is 0.952 bits per heavy atom. The molecule has 0 aliphatic heterocycles. The predicted molar refractivity (Wildman–Crippen MR) is 85.6 cm³/mol. The number of hydrogen-bond acceptors (Lipinski definition) is 2. The first-order valence-electron chi connectivity index (χ1n) is 9.29. The molecule has 0 heterocycles. The van der Waals surface area contributed by atoms with Crippen molar-refractivity contribution in [1.29, 1.82) is 0 Å². The Morgan fingerprint density at radius 2 is 1.81 bits per heavy atom. The molecule has 4 aliphatic rings. The molecule has 0 aromatic rings. The maximum Gasteiger partial charge on any atom is 0.0610 e. The van der Waals surface area contributed by atoms with Crippen molar-refractivity contribution in [2.75, 3.05) is 0 Å². The van der Waals surface area contributed by atoms with E-state index in [9.17, 15) is 5.21 Å². The van der Waals surface area contributed by atoms with E-state index in [4.69, 9.17) is 0 Å². The smallest absolute Gasteiger partial charge is 0.0610 e. The van der Waals surface area contributed by atoms with Gasteiger partial charge in [-0.15, -0.1) is 0 Å². The highest BCUT2D eigenvalue weighted by Gasteiger charge is 2.58. The summed E-state index contributed by atoms with van der Waals surface area (Å²) in [7, 11) is 0. The van der Waals surface area contributed by atoms with Crippen LogP contribution < -0.4 is 0 Å². The number of fused-ring (bicyclic) bond motifs is 5. The fourth-order valence-corrected chi connectivity index (χ4v) is 7.23. The normalized spacial score (nSPS) is 54.9. The molecule has 21 heavy (non-hydrogen) atoms. The molecule has 4 aliphatic carbocycles. The molecule has 0 aromatic carbocycles. The van der Waals surface area contributed by atoms with Gasteiger partial charge in [-0.05, 0) is 73.5 Å². The van der Waals surface area contributed by atoms with E-state index in [1.807, 2.05) is 0 Å². The predicted octanol–water partition coefficient (Wildman–Crippen LogP) is 5.25. The van der Waals surface area contributed by atoms with Crippen LogP contribution in [0.2, 0.25) is 0 Å². The first kappa shape index (κ1) is 14.1. The second-order valence-electron chi connectivity index (χ2n) is 9.06. The second-order valence-corrected chi connectivity index (χ2v) is 9.06. The zero-order valence-corrected chi connectivity index (χ0v) is 13.8. The van der Waals surface area contributed by atoms with Crippen molar-refractivity contribution in [3.8, 4) is 0 Å². The van der Waals surface area contributed by atoms with Crippen LogP contribution >= 0.6 is 0 Å². The van der Waals surface area contributed by atoms with Gasteiger partial charge in [-0.3, -0.25) is 0 Å². The van der Waals surface area contributed by atoms with Crippen LogP contribution in [0.1, 0.15) is 78.1 Å². The highest BCUT2D eigenvalue weighted by Crippen LogP contribution is 2.65. The Bertz CT molecular complexity index is 458. The Hall–Kier alpha value is -0.530. The Morgan fingerprint density at radius 3 is 2.62 bits per heavy atom. The minimum Gasteiger partial charge on any atom is -0.411 e. The summed E-state index contributed by atoms with van der Waals surface area (Å²) >= 11 is 0. The third-order valence-corrected chi connectivity index (χ3v) is 8.30. The SMILES string of the molecule is CC12CCCC1C1C/C(=N\O)C3CCCCC3(C)C1CC2. The number of nitrogens with zero attached hydrogens (tertiary/aromatic N) is 1. The molecule has 0 aromatic heterocycles. The van der Waals surface area contributed by atoms with Crippen LogP contribution in [0.5, 0.6) is 0 Å². The van der Waals surface area contributed by atoms with E-state index >= 15 is 0 Å². The maximum atomic E-state index is 9.63. The third kappa shape index (κ3) is 1.86. The Labute approximate surface area is 129 Å².